The van der Waals surface area contributed by atoms with Gasteiger partial charge >= 0.3 is 12.5 Å². The van der Waals surface area contributed by atoms with Gasteiger partial charge in [0.15, 0.2) is 0 Å². The highest BCUT2D eigenvalue weighted by Gasteiger charge is 2.38. The predicted octanol–water partition coefficient (Wildman–Crippen LogP) is 5.51. The second-order valence-electron chi connectivity index (χ2n) is 13.8. The standard InChI is InChI=1S/C37H42BrF4N3O8/c1-36(2,3)32(45-35(50)51-4)34(49)43-27(16-20-8-10-23(38)11-9-20)28(46)17-22(14-21-6-5-7-25(15-21)53-37(40,41)42)33(48)44-31-26-18-24(39)12-13-30(26)52-19-29(31)47/h5-13,15,18,22,27-29,31-32,46-47H,14,16-17,19H2,1-4H3,(H,43,49)(H,44,48)(H,45,50)/t22-,27+,28+,29-,31+,32-/m1/s1. The number of halogens is 5. The van der Waals surface area contributed by atoms with Gasteiger partial charge in [-0.2, -0.15) is 0 Å². The van der Waals surface area contributed by atoms with Crippen LogP contribution in [0.5, 0.6) is 11.5 Å². The highest BCUT2D eigenvalue weighted by molar-refractivity contribution is 9.10. The maximum atomic E-state index is 14.3. The smallest absolute Gasteiger partial charge is 0.490 e. The molecule has 0 bridgehead atoms. The molecule has 0 unspecified atom stereocenters. The first kappa shape index (κ1) is 41.3. The fourth-order valence-corrected chi connectivity index (χ4v) is 6.25. The van der Waals surface area contributed by atoms with Crippen LogP contribution in [-0.2, 0) is 27.2 Å². The molecule has 0 spiro atoms. The average molecular weight is 813 g/mol. The summed E-state index contributed by atoms with van der Waals surface area (Å²) in [5.74, 6) is -3.47. The number of carbonyl (C=O) groups is 3. The summed E-state index contributed by atoms with van der Waals surface area (Å²) < 4.78 is 68.5. The Balaban J connectivity index is 1.68. The Morgan fingerprint density at radius 3 is 2.30 bits per heavy atom. The van der Waals surface area contributed by atoms with Crippen molar-refractivity contribution in [2.45, 2.75) is 76.7 Å². The summed E-state index contributed by atoms with van der Waals surface area (Å²) in [6, 6.07) is 12.4. The van der Waals surface area contributed by atoms with Crippen LogP contribution in [0.2, 0.25) is 0 Å². The Morgan fingerprint density at radius 1 is 0.962 bits per heavy atom. The molecule has 16 heteroatoms. The first-order valence-electron chi connectivity index (χ1n) is 16.7. The number of carbonyl (C=O) groups excluding carboxylic acids is 3. The second-order valence-corrected chi connectivity index (χ2v) is 14.7. The lowest BCUT2D eigenvalue weighted by Crippen LogP contribution is -2.57. The minimum Gasteiger partial charge on any atom is -0.490 e. The number of alkyl halides is 3. The molecule has 0 fully saturated rings. The third-order valence-corrected chi connectivity index (χ3v) is 9.18. The van der Waals surface area contributed by atoms with Crippen LogP contribution in [0.1, 0.15) is 49.9 Å². The molecule has 3 aromatic rings. The van der Waals surface area contributed by atoms with Crippen molar-refractivity contribution in [3.8, 4) is 11.5 Å². The number of amides is 3. The molecule has 0 radical (unpaired) electrons. The molecule has 0 saturated carbocycles. The molecule has 288 valence electrons. The van der Waals surface area contributed by atoms with Gasteiger partial charge in [-0.1, -0.05) is 61.0 Å². The van der Waals surface area contributed by atoms with E-state index in [2.05, 4.69) is 36.6 Å². The van der Waals surface area contributed by atoms with E-state index in [9.17, 15) is 42.2 Å². The zero-order chi connectivity index (χ0) is 39.1. The van der Waals surface area contributed by atoms with E-state index in [-0.39, 0.29) is 42.7 Å². The lowest BCUT2D eigenvalue weighted by molar-refractivity contribution is -0.274. The van der Waals surface area contributed by atoms with Gasteiger partial charge in [0.1, 0.15) is 36.1 Å². The van der Waals surface area contributed by atoms with Crippen molar-refractivity contribution in [2.75, 3.05) is 13.7 Å². The lowest BCUT2D eigenvalue weighted by atomic mass is 9.85. The molecule has 1 aliphatic heterocycles. The molecular weight excluding hydrogens is 770 g/mol. The zero-order valence-electron chi connectivity index (χ0n) is 29.4. The molecule has 0 aromatic heterocycles. The monoisotopic (exact) mass is 811 g/mol. The third-order valence-electron chi connectivity index (χ3n) is 8.65. The summed E-state index contributed by atoms with van der Waals surface area (Å²) in [5, 5.41) is 30.7. The van der Waals surface area contributed by atoms with E-state index in [1.807, 2.05) is 0 Å². The second kappa shape index (κ2) is 17.6. The number of methoxy groups -OCH3 is 1. The molecule has 53 heavy (non-hydrogen) atoms. The van der Waals surface area contributed by atoms with E-state index < -0.39 is 77.5 Å². The minimum absolute atomic E-state index is 0.0733. The summed E-state index contributed by atoms with van der Waals surface area (Å²) >= 11 is 3.38. The van der Waals surface area contributed by atoms with Crippen molar-refractivity contribution < 1.29 is 56.4 Å². The number of hydrogen-bond donors (Lipinski definition) is 5. The Bertz CT molecular complexity index is 1740. The van der Waals surface area contributed by atoms with Gasteiger partial charge in [-0.05, 0) is 78.3 Å². The van der Waals surface area contributed by atoms with Gasteiger partial charge < -0.3 is 40.4 Å². The van der Waals surface area contributed by atoms with Crippen LogP contribution >= 0.6 is 15.9 Å². The quantitative estimate of drug-likeness (QED) is 0.142. The van der Waals surface area contributed by atoms with Crippen molar-refractivity contribution in [2.24, 2.45) is 11.3 Å². The van der Waals surface area contributed by atoms with Crippen molar-refractivity contribution >= 4 is 33.8 Å². The number of alkyl carbamates (subject to hydrolysis) is 1. The summed E-state index contributed by atoms with van der Waals surface area (Å²) in [4.78, 5) is 40.0. The molecule has 3 amide bonds. The Hall–Kier alpha value is -4.41. The van der Waals surface area contributed by atoms with Crippen LogP contribution in [0.3, 0.4) is 0 Å². The van der Waals surface area contributed by atoms with Gasteiger partial charge in [0.2, 0.25) is 11.8 Å². The normalized spacial score (nSPS) is 17.9. The molecular formula is C37H42BrF4N3O8. The minimum atomic E-state index is -4.97. The number of benzene rings is 3. The van der Waals surface area contributed by atoms with E-state index >= 15 is 0 Å². The van der Waals surface area contributed by atoms with Gasteiger partial charge in [0.25, 0.3) is 0 Å². The first-order valence-corrected chi connectivity index (χ1v) is 17.4. The summed E-state index contributed by atoms with van der Waals surface area (Å²) in [6.07, 6.45) is -9.03. The third kappa shape index (κ3) is 12.1. The highest BCUT2D eigenvalue weighted by atomic mass is 79.9. The molecule has 0 aliphatic carbocycles. The molecule has 1 aliphatic rings. The van der Waals surface area contributed by atoms with Gasteiger partial charge in [0, 0.05) is 16.0 Å². The topological polar surface area (TPSA) is 155 Å². The number of aliphatic hydroxyl groups excluding tert-OH is 2. The van der Waals surface area contributed by atoms with E-state index in [1.54, 1.807) is 45.0 Å². The molecule has 1 heterocycles. The summed E-state index contributed by atoms with van der Waals surface area (Å²) in [6.45, 7) is 4.95. The highest BCUT2D eigenvalue weighted by Crippen LogP contribution is 2.34. The fraction of sp³-hybridized carbons (Fsp3) is 0.432. The van der Waals surface area contributed by atoms with Crippen LogP contribution in [0, 0.1) is 17.2 Å². The van der Waals surface area contributed by atoms with E-state index in [1.165, 1.54) is 18.2 Å². The van der Waals surface area contributed by atoms with Crippen LogP contribution in [-0.4, -0.2) is 72.5 Å². The van der Waals surface area contributed by atoms with Crippen molar-refractivity contribution in [1.82, 2.24) is 16.0 Å². The molecule has 0 saturated heterocycles. The van der Waals surface area contributed by atoms with Gasteiger partial charge in [-0.15, -0.1) is 13.2 Å². The van der Waals surface area contributed by atoms with E-state index in [0.29, 0.717) is 5.56 Å². The zero-order valence-corrected chi connectivity index (χ0v) is 31.0. The Labute approximate surface area is 312 Å². The van der Waals surface area contributed by atoms with Gasteiger partial charge in [-0.3, -0.25) is 9.59 Å². The van der Waals surface area contributed by atoms with Crippen molar-refractivity contribution in [3.63, 3.8) is 0 Å². The van der Waals surface area contributed by atoms with Crippen LogP contribution in [0.15, 0.2) is 71.2 Å². The SMILES string of the molecule is COC(=O)N[C@H](C(=O)N[C@@H](Cc1ccc(Br)cc1)[C@@H](O)C[C@@H](Cc1cccc(OC(F)(F)F)c1)C(=O)N[C@H]1c2cc(F)ccc2OC[C@H]1O)C(C)(C)C. The lowest BCUT2D eigenvalue weighted by Gasteiger charge is -2.34. The van der Waals surface area contributed by atoms with Crippen LogP contribution in [0.4, 0.5) is 22.4 Å². The largest absolute Gasteiger partial charge is 0.573 e. The van der Waals surface area contributed by atoms with E-state index in [0.717, 1.165) is 35.8 Å². The number of fused-ring (bicyclic) bond motifs is 1. The Morgan fingerprint density at radius 2 is 1.66 bits per heavy atom. The van der Waals surface area contributed by atoms with Gasteiger partial charge in [0.05, 0.1) is 25.3 Å². The first-order chi connectivity index (χ1) is 24.8. The summed E-state index contributed by atoms with van der Waals surface area (Å²) in [5.41, 5.74) is 0.315. The maximum Gasteiger partial charge on any atom is 0.573 e. The number of ether oxygens (including phenoxy) is 3. The molecule has 5 N–H and O–H groups in total. The average Bonchev–Trinajstić information content (AvgIpc) is 3.07. The molecule has 4 rings (SSSR count). The number of nitrogens with one attached hydrogen (secondary N) is 3. The Kier molecular flexibility index (Phi) is 13.7. The molecule has 3 aromatic carbocycles. The van der Waals surface area contributed by atoms with Crippen molar-refractivity contribution in [3.05, 3.63) is 93.7 Å². The fourth-order valence-electron chi connectivity index (χ4n) is 5.99. The van der Waals surface area contributed by atoms with Crippen LogP contribution < -0.4 is 25.4 Å². The number of rotatable bonds is 13. The van der Waals surface area contributed by atoms with Crippen LogP contribution in [0.25, 0.3) is 0 Å². The predicted molar refractivity (Wildman–Crippen MR) is 188 cm³/mol. The van der Waals surface area contributed by atoms with Crippen molar-refractivity contribution in [1.29, 1.82) is 0 Å². The number of hydrogen-bond acceptors (Lipinski definition) is 8. The summed E-state index contributed by atoms with van der Waals surface area (Å²) in [7, 11) is 1.15. The number of aliphatic hydroxyl groups is 2. The molecule has 6 atom stereocenters. The van der Waals surface area contributed by atoms with E-state index in [4.69, 9.17) is 9.47 Å². The van der Waals surface area contributed by atoms with Gasteiger partial charge in [-0.25, -0.2) is 9.18 Å². The maximum absolute atomic E-state index is 14.3. The molecule has 11 nitrogen and oxygen atoms in total.